The summed E-state index contributed by atoms with van der Waals surface area (Å²) >= 11 is 13.3. The van der Waals surface area contributed by atoms with E-state index < -0.39 is 0 Å². The first-order chi connectivity index (χ1) is 38.8. The van der Waals surface area contributed by atoms with Crippen molar-refractivity contribution in [2.45, 2.75) is 40.8 Å². The molecule has 4 aliphatic rings. The van der Waals surface area contributed by atoms with Crippen molar-refractivity contribution >= 4 is 103 Å². The van der Waals surface area contributed by atoms with E-state index in [-0.39, 0.29) is 11.1 Å². The number of fused-ring (bicyclic) bond motifs is 2. The summed E-state index contributed by atoms with van der Waals surface area (Å²) in [7, 11) is 4.30. The summed E-state index contributed by atoms with van der Waals surface area (Å²) in [6.45, 7) is 18.0. The van der Waals surface area contributed by atoms with Crippen LogP contribution in [0, 0.1) is 0 Å². The van der Waals surface area contributed by atoms with Gasteiger partial charge in [0.15, 0.2) is 11.7 Å². The zero-order valence-electron chi connectivity index (χ0n) is 45.5. The zero-order chi connectivity index (χ0) is 55.6. The van der Waals surface area contributed by atoms with Gasteiger partial charge < -0.3 is 30.2 Å². The van der Waals surface area contributed by atoms with Crippen molar-refractivity contribution in [1.82, 2.24) is 48.8 Å². The highest BCUT2D eigenvalue weighted by Gasteiger charge is 2.22. The third kappa shape index (κ3) is 11.4. The summed E-state index contributed by atoms with van der Waals surface area (Å²) in [5.74, 6) is 2.00. The van der Waals surface area contributed by atoms with Gasteiger partial charge in [0.1, 0.15) is 17.0 Å². The molecule has 12 rings (SSSR count). The van der Waals surface area contributed by atoms with Gasteiger partial charge in [-0.05, 0) is 115 Å². The first-order valence-electron chi connectivity index (χ1n) is 26.7. The molecule has 2 N–H and O–H groups in total. The van der Waals surface area contributed by atoms with E-state index in [1.165, 1.54) is 11.4 Å². The number of nitrogens with one attached hydrogen (secondary N) is 2. The molecule has 4 aliphatic heterocycles. The Hall–Kier alpha value is -8.30. The lowest BCUT2D eigenvalue weighted by Gasteiger charge is -2.34. The molecule has 6 aromatic heterocycles. The molecule has 20 nitrogen and oxygen atoms in total. The number of hydrogen-bond acceptors (Lipinski definition) is 18. The van der Waals surface area contributed by atoms with E-state index in [1.807, 2.05) is 52.0 Å². The smallest absolute Gasteiger partial charge is 0.261 e. The summed E-state index contributed by atoms with van der Waals surface area (Å²) in [6.07, 6.45) is 6.69. The Morgan fingerprint density at radius 3 is 1.48 bits per heavy atom. The fourth-order valence-corrected chi connectivity index (χ4v) is 10.5. The fraction of sp³-hybridized carbons (Fsp3) is 0.310. The van der Waals surface area contributed by atoms with E-state index in [0.717, 1.165) is 91.5 Å². The average molecular weight is 1110 g/mol. The van der Waals surface area contributed by atoms with E-state index in [0.29, 0.717) is 99.2 Å². The molecule has 0 spiro atoms. The molecule has 0 bridgehead atoms. The third-order valence-corrected chi connectivity index (χ3v) is 15.1. The monoisotopic (exact) mass is 1110 g/mol. The van der Waals surface area contributed by atoms with Crippen LogP contribution in [0.15, 0.2) is 127 Å². The highest BCUT2D eigenvalue weighted by Crippen LogP contribution is 2.31. The van der Waals surface area contributed by atoms with Crippen LogP contribution in [0.1, 0.15) is 39.0 Å². The van der Waals surface area contributed by atoms with Crippen LogP contribution in [-0.4, -0.2) is 151 Å². The van der Waals surface area contributed by atoms with E-state index in [2.05, 4.69) is 108 Å². The van der Waals surface area contributed by atoms with E-state index in [9.17, 15) is 9.59 Å². The van der Waals surface area contributed by atoms with E-state index in [1.54, 1.807) is 58.2 Å². The molecule has 2 fully saturated rings. The normalized spacial score (nSPS) is 15.8. The minimum absolute atomic E-state index is 0.195. The number of aliphatic imine (C=N–C) groups is 4. The Balaban J connectivity index is 0.000000169. The van der Waals surface area contributed by atoms with Crippen LogP contribution in [0.25, 0.3) is 44.5 Å². The number of aryl methyl sites for hydroxylation is 2. The summed E-state index contributed by atoms with van der Waals surface area (Å²) in [6, 6.07) is 23.5. The summed E-state index contributed by atoms with van der Waals surface area (Å²) in [5, 5.41) is 8.77. The Morgan fingerprint density at radius 2 is 1.01 bits per heavy atom. The number of anilines is 6. The van der Waals surface area contributed by atoms with Gasteiger partial charge in [-0.2, -0.15) is 9.97 Å². The summed E-state index contributed by atoms with van der Waals surface area (Å²) in [5.41, 5.74) is 9.78. The number of nitrogens with zero attached hydrogens (tertiary/aromatic N) is 16. The van der Waals surface area contributed by atoms with Gasteiger partial charge in [-0.25, -0.2) is 20.0 Å². The van der Waals surface area contributed by atoms with Crippen molar-refractivity contribution in [2.75, 3.05) is 100.0 Å². The van der Waals surface area contributed by atoms with Crippen LogP contribution < -0.4 is 31.6 Å². The molecule has 0 atom stereocenters. The maximum atomic E-state index is 13.6. The third-order valence-electron chi connectivity index (χ3n) is 14.5. The highest BCUT2D eigenvalue weighted by atomic mass is 35.5. The molecule has 8 aromatic rings. The molecule has 80 heavy (non-hydrogen) atoms. The van der Waals surface area contributed by atoms with Crippen LogP contribution in [0.4, 0.5) is 34.6 Å². The molecule has 2 saturated heterocycles. The minimum Gasteiger partial charge on any atom is -0.369 e. The van der Waals surface area contributed by atoms with Crippen molar-refractivity contribution in [1.29, 1.82) is 0 Å². The van der Waals surface area contributed by atoms with Gasteiger partial charge in [-0.3, -0.25) is 38.7 Å². The standard InChI is InChI=1S/2C29H30ClN9O/c1-4-39-27-20(13-23(28(39)40)25-24(30)14-19(16-31-25)26-32-15-18(2)34-26)17-33-29(36-27)35-21-5-7-22(8-6-21)38-11-9-37(3)10-12-38;1-4-39-27-19(13-22(28(39)40)23-17-31-25(14-24(23)30)26-32-15-18(2)34-26)16-33-29(36-27)35-20-5-7-21(8-6-20)38-11-9-37(3)10-12-38/h2*5-8,13-14,16-17H,4,9-12,15H2,1-3H3,(H,33,35,36). The van der Waals surface area contributed by atoms with Crippen molar-refractivity contribution in [3.05, 3.63) is 140 Å². The van der Waals surface area contributed by atoms with Gasteiger partial charge >= 0.3 is 0 Å². The predicted octanol–water partition coefficient (Wildman–Crippen LogP) is 8.49. The maximum absolute atomic E-state index is 13.6. The topological polar surface area (TPSA) is 208 Å². The van der Waals surface area contributed by atoms with Crippen molar-refractivity contribution < 1.29 is 0 Å². The van der Waals surface area contributed by atoms with Crippen LogP contribution in [0.2, 0.25) is 10.0 Å². The Kier molecular flexibility index (Phi) is 15.6. The molecule has 0 radical (unpaired) electrons. The van der Waals surface area contributed by atoms with Gasteiger partial charge in [-0.1, -0.05) is 23.2 Å². The predicted molar refractivity (Wildman–Crippen MR) is 323 cm³/mol. The number of amidine groups is 2. The van der Waals surface area contributed by atoms with Crippen LogP contribution in [0.5, 0.6) is 0 Å². The molecule has 2 aromatic carbocycles. The number of benzene rings is 2. The molecule has 0 amide bonds. The number of piperazine rings is 2. The lowest BCUT2D eigenvalue weighted by atomic mass is 10.1. The first-order valence-corrected chi connectivity index (χ1v) is 27.5. The molecule has 408 valence electrons. The Labute approximate surface area is 472 Å². The van der Waals surface area contributed by atoms with E-state index >= 15 is 0 Å². The molecule has 0 unspecified atom stereocenters. The second-order valence-electron chi connectivity index (χ2n) is 20.2. The zero-order valence-corrected chi connectivity index (χ0v) is 47.0. The second-order valence-corrected chi connectivity index (χ2v) is 21.0. The van der Waals surface area contributed by atoms with Gasteiger partial charge in [0.2, 0.25) is 11.9 Å². The maximum Gasteiger partial charge on any atom is 0.261 e. The minimum atomic E-state index is -0.217. The number of aromatic nitrogens is 8. The van der Waals surface area contributed by atoms with Gasteiger partial charge in [0, 0.05) is 146 Å². The van der Waals surface area contributed by atoms with Crippen LogP contribution in [-0.2, 0) is 13.1 Å². The number of halogens is 2. The molecular weight excluding hydrogens is 1050 g/mol. The molecule has 10 heterocycles. The second kappa shape index (κ2) is 23.2. The summed E-state index contributed by atoms with van der Waals surface area (Å²) < 4.78 is 3.25. The van der Waals surface area contributed by atoms with E-state index in [4.69, 9.17) is 33.2 Å². The molecule has 22 heteroatoms. The number of likely N-dealkylation sites (N-methyl/N-ethyl adjacent to an activating group) is 2. The van der Waals surface area contributed by atoms with Gasteiger partial charge in [0.25, 0.3) is 11.1 Å². The summed E-state index contributed by atoms with van der Waals surface area (Å²) in [4.78, 5) is 81.7. The first kappa shape index (κ1) is 53.7. The van der Waals surface area contributed by atoms with Gasteiger partial charge in [0.05, 0.1) is 40.0 Å². The largest absolute Gasteiger partial charge is 0.369 e. The van der Waals surface area contributed by atoms with Gasteiger partial charge in [-0.15, -0.1) is 0 Å². The fourth-order valence-electron chi connectivity index (χ4n) is 9.97. The number of pyridine rings is 4. The molecule has 0 aliphatic carbocycles. The van der Waals surface area contributed by atoms with Crippen molar-refractivity contribution in [2.24, 2.45) is 20.0 Å². The van der Waals surface area contributed by atoms with Crippen molar-refractivity contribution in [3.63, 3.8) is 0 Å². The quantitative estimate of drug-likeness (QED) is 0.118. The SMILES string of the molecule is CCn1c(=O)c(-c2cnc(C3=NCC(C)=N3)cc2Cl)cc2cnc(Nc3ccc(N4CCN(C)CC4)cc3)nc21.CCn1c(=O)c(-c2ncc(C3=NCC(C)=N3)cc2Cl)cc2cnc(Nc3ccc(N4CCN(C)CC4)cc3)nc21. The number of hydrogen-bond donors (Lipinski definition) is 2. The number of rotatable bonds is 12. The lowest BCUT2D eigenvalue weighted by Crippen LogP contribution is -2.44. The Morgan fingerprint density at radius 1 is 0.525 bits per heavy atom. The van der Waals surface area contributed by atoms with Crippen LogP contribution >= 0.6 is 23.2 Å². The average Bonchev–Trinajstić information content (AvgIpc) is 4.14. The van der Waals surface area contributed by atoms with Crippen molar-refractivity contribution in [3.8, 4) is 22.4 Å². The molecule has 0 saturated carbocycles. The Bertz CT molecular complexity index is 3660. The highest BCUT2D eigenvalue weighted by molar-refractivity contribution is 6.34. The molecular formula is C58H60Cl2N18O2. The lowest BCUT2D eigenvalue weighted by molar-refractivity contribution is 0.313. The van der Waals surface area contributed by atoms with Crippen LogP contribution in [0.3, 0.4) is 0 Å².